The molecule has 0 N–H and O–H groups in total. The predicted octanol–water partition coefficient (Wildman–Crippen LogP) is 2.55. The smallest absolute Gasteiger partial charge is 0.375 e. The number of rotatable bonds is 3. The summed E-state index contributed by atoms with van der Waals surface area (Å²) in [6.07, 6.45) is 0. The summed E-state index contributed by atoms with van der Waals surface area (Å²) in [5, 5.41) is 0. The zero-order valence-corrected chi connectivity index (χ0v) is 13.5. The molecule has 1 unspecified atom stereocenters. The van der Waals surface area contributed by atoms with Crippen molar-refractivity contribution in [3.05, 3.63) is 28.2 Å². The topological polar surface area (TPSA) is 69.7 Å². The van der Waals surface area contributed by atoms with Crippen LogP contribution in [0.15, 0.2) is 22.7 Å². The van der Waals surface area contributed by atoms with Crippen molar-refractivity contribution < 1.29 is 23.9 Å². The second-order valence-corrected chi connectivity index (χ2v) is 6.14. The second kappa shape index (κ2) is 5.60. The lowest BCUT2D eigenvalue weighted by Crippen LogP contribution is -2.52. The summed E-state index contributed by atoms with van der Waals surface area (Å²) in [5.41, 5.74) is -0.826. The first kappa shape index (κ1) is 15.7. The third-order valence-corrected chi connectivity index (χ3v) is 3.77. The van der Waals surface area contributed by atoms with Gasteiger partial charge in [0.05, 0.1) is 12.2 Å². The normalized spacial score (nSPS) is 19.4. The Labute approximate surface area is 130 Å². The van der Waals surface area contributed by atoms with Crippen LogP contribution in [0.1, 0.15) is 31.1 Å². The van der Waals surface area contributed by atoms with Crippen LogP contribution in [0.2, 0.25) is 0 Å². The zero-order valence-electron chi connectivity index (χ0n) is 11.9. The van der Waals surface area contributed by atoms with E-state index in [2.05, 4.69) is 15.9 Å². The summed E-state index contributed by atoms with van der Waals surface area (Å²) in [6.45, 7) is 4.90. The van der Waals surface area contributed by atoms with Crippen molar-refractivity contribution in [2.24, 2.45) is 5.92 Å². The zero-order chi connectivity index (χ0) is 15.8. The largest absolute Gasteiger partial charge is 0.486 e. The fourth-order valence-corrected chi connectivity index (χ4v) is 2.71. The fraction of sp³-hybridized carbons (Fsp3) is 0.400. The number of hydrogen-bond donors (Lipinski definition) is 0. The van der Waals surface area contributed by atoms with Gasteiger partial charge in [0.25, 0.3) is 5.78 Å². The molecule has 0 fully saturated rings. The van der Waals surface area contributed by atoms with E-state index in [-0.39, 0.29) is 12.2 Å². The predicted molar refractivity (Wildman–Crippen MR) is 78.3 cm³/mol. The molecule has 0 spiro atoms. The molecular formula is C15H15BrO5. The number of ketones is 2. The van der Waals surface area contributed by atoms with E-state index in [4.69, 9.17) is 9.47 Å². The van der Waals surface area contributed by atoms with E-state index in [1.165, 1.54) is 0 Å². The minimum absolute atomic E-state index is 0.0783. The van der Waals surface area contributed by atoms with Gasteiger partial charge < -0.3 is 9.47 Å². The molecular weight excluding hydrogens is 340 g/mol. The Bertz CT molecular complexity index is 620. The average Bonchev–Trinajstić information content (AvgIpc) is 2.39. The molecule has 112 valence electrons. The molecule has 2 rings (SSSR count). The number of carbonyl (C=O) groups excluding carboxylic acids is 3. The third kappa shape index (κ3) is 2.85. The third-order valence-electron chi connectivity index (χ3n) is 3.28. The lowest BCUT2D eigenvalue weighted by molar-refractivity contribution is -0.157. The Kier molecular flexibility index (Phi) is 4.18. The number of esters is 1. The van der Waals surface area contributed by atoms with E-state index in [0.29, 0.717) is 10.2 Å². The maximum atomic E-state index is 12.6. The van der Waals surface area contributed by atoms with Gasteiger partial charge in [-0.3, -0.25) is 9.59 Å². The van der Waals surface area contributed by atoms with Crippen LogP contribution < -0.4 is 4.74 Å². The summed E-state index contributed by atoms with van der Waals surface area (Å²) >= 11 is 3.27. The van der Waals surface area contributed by atoms with Crippen molar-refractivity contribution in [2.75, 3.05) is 6.61 Å². The lowest BCUT2D eigenvalue weighted by atomic mass is 9.78. The number of benzene rings is 1. The molecule has 5 nitrogen and oxygen atoms in total. The van der Waals surface area contributed by atoms with Crippen molar-refractivity contribution in [1.29, 1.82) is 0 Å². The van der Waals surface area contributed by atoms with Crippen LogP contribution in [-0.2, 0) is 14.3 Å². The van der Waals surface area contributed by atoms with Gasteiger partial charge in [0.15, 0.2) is 5.78 Å². The number of Topliss-reactive ketones (excluding diaryl/α,β-unsaturated/α-hetero) is 2. The molecule has 0 saturated carbocycles. The van der Waals surface area contributed by atoms with Gasteiger partial charge in [-0.2, -0.15) is 0 Å². The molecule has 1 aromatic rings. The standard InChI is InChI=1S/C15H15BrO5/c1-4-20-14(19)13(18)11-12(17)9-7-8(16)5-6-10(9)21-15(11,2)3/h5-7,11H,4H2,1-3H3. The van der Waals surface area contributed by atoms with Gasteiger partial charge in [-0.25, -0.2) is 4.79 Å². The highest BCUT2D eigenvalue weighted by Gasteiger charge is 2.50. The first-order chi connectivity index (χ1) is 9.77. The Morgan fingerprint density at radius 1 is 1.38 bits per heavy atom. The van der Waals surface area contributed by atoms with E-state index in [0.717, 1.165) is 0 Å². The van der Waals surface area contributed by atoms with E-state index in [1.54, 1.807) is 39.0 Å². The molecule has 1 heterocycles. The van der Waals surface area contributed by atoms with Crippen LogP contribution in [-0.4, -0.2) is 29.7 Å². The number of ether oxygens (including phenoxy) is 2. The molecule has 0 saturated heterocycles. The maximum Gasteiger partial charge on any atom is 0.375 e. The van der Waals surface area contributed by atoms with E-state index in [9.17, 15) is 14.4 Å². The van der Waals surface area contributed by atoms with Gasteiger partial charge in [0.1, 0.15) is 17.3 Å². The molecule has 0 bridgehead atoms. The minimum Gasteiger partial charge on any atom is -0.486 e. The number of hydrogen-bond acceptors (Lipinski definition) is 5. The van der Waals surface area contributed by atoms with Gasteiger partial charge in [-0.05, 0) is 39.0 Å². The van der Waals surface area contributed by atoms with Crippen LogP contribution >= 0.6 is 15.9 Å². The van der Waals surface area contributed by atoms with Crippen molar-refractivity contribution in [1.82, 2.24) is 0 Å². The van der Waals surface area contributed by atoms with Gasteiger partial charge in [-0.15, -0.1) is 0 Å². The Morgan fingerprint density at radius 2 is 2.05 bits per heavy atom. The number of halogens is 1. The summed E-state index contributed by atoms with van der Waals surface area (Å²) in [7, 11) is 0. The molecule has 21 heavy (non-hydrogen) atoms. The van der Waals surface area contributed by atoms with Crippen LogP contribution in [0.5, 0.6) is 5.75 Å². The molecule has 1 atom stereocenters. The van der Waals surface area contributed by atoms with E-state index < -0.39 is 29.1 Å². The SMILES string of the molecule is CCOC(=O)C(=O)C1C(=O)c2cc(Br)ccc2OC1(C)C. The van der Waals surface area contributed by atoms with Gasteiger partial charge in [0, 0.05) is 4.47 Å². The quantitative estimate of drug-likeness (QED) is 0.474. The molecule has 0 radical (unpaired) electrons. The summed E-state index contributed by atoms with van der Waals surface area (Å²) in [6, 6.07) is 4.98. The Hall–Kier alpha value is -1.69. The highest BCUT2D eigenvalue weighted by atomic mass is 79.9. The highest BCUT2D eigenvalue weighted by molar-refractivity contribution is 9.10. The molecule has 6 heteroatoms. The van der Waals surface area contributed by atoms with Gasteiger partial charge >= 0.3 is 5.97 Å². The summed E-state index contributed by atoms with van der Waals surface area (Å²) < 4.78 is 11.1. The molecule has 1 aliphatic heterocycles. The first-order valence-electron chi connectivity index (χ1n) is 6.51. The van der Waals surface area contributed by atoms with Crippen molar-refractivity contribution in [2.45, 2.75) is 26.4 Å². The van der Waals surface area contributed by atoms with Crippen molar-refractivity contribution in [3.8, 4) is 5.75 Å². The van der Waals surface area contributed by atoms with Crippen LogP contribution in [0.25, 0.3) is 0 Å². The molecule has 0 amide bonds. The van der Waals surface area contributed by atoms with Crippen LogP contribution in [0.3, 0.4) is 0 Å². The molecule has 1 aromatic carbocycles. The molecule has 0 aromatic heterocycles. The second-order valence-electron chi connectivity index (χ2n) is 5.23. The van der Waals surface area contributed by atoms with Crippen molar-refractivity contribution >= 4 is 33.5 Å². The summed E-state index contributed by atoms with van der Waals surface area (Å²) in [4.78, 5) is 36.5. The maximum absolute atomic E-state index is 12.6. The van der Waals surface area contributed by atoms with Gasteiger partial charge in [-0.1, -0.05) is 15.9 Å². The number of carbonyl (C=O) groups is 3. The molecule has 1 aliphatic rings. The average molecular weight is 355 g/mol. The monoisotopic (exact) mass is 354 g/mol. The Morgan fingerprint density at radius 3 is 2.67 bits per heavy atom. The van der Waals surface area contributed by atoms with E-state index in [1.807, 2.05) is 0 Å². The fourth-order valence-electron chi connectivity index (χ4n) is 2.35. The van der Waals surface area contributed by atoms with Crippen LogP contribution in [0.4, 0.5) is 0 Å². The Balaban J connectivity index is 2.45. The van der Waals surface area contributed by atoms with Crippen molar-refractivity contribution in [3.63, 3.8) is 0 Å². The lowest BCUT2D eigenvalue weighted by Gasteiger charge is -2.37. The molecule has 0 aliphatic carbocycles. The van der Waals surface area contributed by atoms with E-state index >= 15 is 0 Å². The minimum atomic E-state index is -1.21. The number of fused-ring (bicyclic) bond motifs is 1. The summed E-state index contributed by atoms with van der Waals surface area (Å²) in [5.74, 6) is -3.12. The van der Waals surface area contributed by atoms with Gasteiger partial charge in [0.2, 0.25) is 0 Å². The highest BCUT2D eigenvalue weighted by Crippen LogP contribution is 2.38. The first-order valence-corrected chi connectivity index (χ1v) is 7.31. The van der Waals surface area contributed by atoms with Crippen LogP contribution in [0, 0.1) is 5.92 Å².